The van der Waals surface area contributed by atoms with Gasteiger partial charge in [0.1, 0.15) is 11.5 Å². The van der Waals surface area contributed by atoms with Gasteiger partial charge in [-0.25, -0.2) is 0 Å². The molecule has 0 fully saturated rings. The smallest absolute Gasteiger partial charge is 0.133 e. The third-order valence-electron chi connectivity index (χ3n) is 3.18. The molecule has 0 bridgehead atoms. The Bertz CT molecular complexity index is 586. The largest absolute Gasteiger partial charge is 0.457 e. The van der Waals surface area contributed by atoms with E-state index < -0.39 is 0 Å². The van der Waals surface area contributed by atoms with Crippen molar-refractivity contribution >= 4 is 38.5 Å². The fraction of sp³-hybridized carbons (Fsp3) is 0.294. The maximum Gasteiger partial charge on any atom is 0.133 e. The van der Waals surface area contributed by atoms with E-state index in [1.165, 1.54) is 9.13 Å². The molecule has 4 heteroatoms. The molecule has 0 aliphatic rings. The molecular weight excluding hydrogens is 441 g/mol. The van der Waals surface area contributed by atoms with Gasteiger partial charge in [-0.1, -0.05) is 28.9 Å². The second-order valence-corrected chi connectivity index (χ2v) is 7.08. The topological polar surface area (TPSA) is 21.3 Å². The van der Waals surface area contributed by atoms with Crippen molar-refractivity contribution in [1.29, 1.82) is 0 Å². The van der Waals surface area contributed by atoms with E-state index in [0.717, 1.165) is 28.9 Å². The van der Waals surface area contributed by atoms with E-state index in [0.29, 0.717) is 0 Å². The second kappa shape index (κ2) is 8.15. The average Bonchev–Trinajstić information content (AvgIpc) is 2.47. The van der Waals surface area contributed by atoms with Gasteiger partial charge in [0, 0.05) is 19.6 Å². The van der Waals surface area contributed by atoms with Gasteiger partial charge in [-0.05, 0) is 78.9 Å². The predicted octanol–water partition coefficient (Wildman–Crippen LogP) is 5.91. The van der Waals surface area contributed by atoms with Gasteiger partial charge in [0.2, 0.25) is 0 Å². The van der Waals surface area contributed by atoms with Gasteiger partial charge >= 0.3 is 0 Å². The Hall–Kier alpha value is -0.590. The zero-order valence-corrected chi connectivity index (χ0v) is 15.9. The van der Waals surface area contributed by atoms with E-state index in [2.05, 4.69) is 69.8 Å². The first-order chi connectivity index (χ1) is 10.1. The first kappa shape index (κ1) is 16.8. The number of hydrogen-bond acceptors (Lipinski definition) is 2. The molecule has 2 rings (SSSR count). The maximum atomic E-state index is 6.07. The summed E-state index contributed by atoms with van der Waals surface area (Å²) < 4.78 is 8.30. The Kier molecular flexibility index (Phi) is 6.51. The number of nitrogens with one attached hydrogen (secondary N) is 1. The second-order valence-electron chi connectivity index (χ2n) is 4.91. The molecule has 2 aromatic rings. The molecule has 0 saturated carbocycles. The molecule has 112 valence electrons. The Morgan fingerprint density at radius 2 is 1.90 bits per heavy atom. The van der Waals surface area contributed by atoms with Gasteiger partial charge in [-0.2, -0.15) is 0 Å². The summed E-state index contributed by atoms with van der Waals surface area (Å²) in [4.78, 5) is 0. The molecule has 0 aliphatic carbocycles. The van der Waals surface area contributed by atoms with Gasteiger partial charge in [0.15, 0.2) is 0 Å². The molecule has 0 aromatic heterocycles. The minimum atomic E-state index is 0.261. The monoisotopic (exact) mass is 459 g/mol. The van der Waals surface area contributed by atoms with Gasteiger partial charge in [0.25, 0.3) is 0 Å². The van der Waals surface area contributed by atoms with E-state index in [9.17, 15) is 0 Å². The zero-order valence-electron chi connectivity index (χ0n) is 12.2. The lowest BCUT2D eigenvalue weighted by Crippen LogP contribution is -2.19. The molecule has 21 heavy (non-hydrogen) atoms. The molecule has 0 amide bonds. The molecule has 2 nitrogen and oxygen atoms in total. The van der Waals surface area contributed by atoms with Crippen molar-refractivity contribution in [3.05, 3.63) is 56.1 Å². The predicted molar refractivity (Wildman–Crippen MR) is 100 cm³/mol. The number of rotatable bonds is 6. The highest BCUT2D eigenvalue weighted by molar-refractivity contribution is 14.1. The van der Waals surface area contributed by atoms with E-state index in [-0.39, 0.29) is 6.04 Å². The minimum Gasteiger partial charge on any atom is -0.457 e. The molecule has 0 radical (unpaired) electrons. The van der Waals surface area contributed by atoms with E-state index in [1.807, 2.05) is 30.3 Å². The molecule has 0 aliphatic heterocycles. The maximum absolute atomic E-state index is 6.07. The summed E-state index contributed by atoms with van der Waals surface area (Å²) in [5, 5.41) is 3.51. The Morgan fingerprint density at radius 3 is 2.57 bits per heavy atom. The SMILES string of the molecule is CCCNC(C)c1ccc(Br)cc1Oc1ccc(I)cc1. The van der Waals surface area contributed by atoms with Crippen LogP contribution in [0.3, 0.4) is 0 Å². The van der Waals surface area contributed by atoms with E-state index in [4.69, 9.17) is 4.74 Å². The summed E-state index contributed by atoms with van der Waals surface area (Å²) in [7, 11) is 0. The van der Waals surface area contributed by atoms with Crippen molar-refractivity contribution < 1.29 is 4.74 Å². The number of hydrogen-bond donors (Lipinski definition) is 1. The minimum absolute atomic E-state index is 0.261. The Balaban J connectivity index is 2.24. The van der Waals surface area contributed by atoms with Crippen LogP contribution in [0.5, 0.6) is 11.5 Å². The quantitative estimate of drug-likeness (QED) is 0.542. The van der Waals surface area contributed by atoms with Crippen LogP contribution in [0.4, 0.5) is 0 Å². The molecule has 1 N–H and O–H groups in total. The summed E-state index contributed by atoms with van der Waals surface area (Å²) in [5.41, 5.74) is 1.17. The first-order valence-electron chi connectivity index (χ1n) is 7.06. The molecular formula is C17H19BrINO. The van der Waals surface area contributed by atoms with Crippen LogP contribution in [0.2, 0.25) is 0 Å². The normalized spacial score (nSPS) is 12.2. The van der Waals surface area contributed by atoms with Crippen LogP contribution in [0.15, 0.2) is 46.9 Å². The summed E-state index contributed by atoms with van der Waals surface area (Å²) in [5.74, 6) is 1.75. The molecule has 0 spiro atoms. The summed E-state index contributed by atoms with van der Waals surface area (Å²) in [6.07, 6.45) is 1.12. The van der Waals surface area contributed by atoms with Crippen molar-refractivity contribution in [2.24, 2.45) is 0 Å². The van der Waals surface area contributed by atoms with Gasteiger partial charge in [-0.3, -0.25) is 0 Å². The van der Waals surface area contributed by atoms with Crippen LogP contribution in [-0.2, 0) is 0 Å². The Morgan fingerprint density at radius 1 is 1.19 bits per heavy atom. The summed E-state index contributed by atoms with van der Waals surface area (Å²) in [6, 6.07) is 14.5. The Labute approximate surface area is 148 Å². The highest BCUT2D eigenvalue weighted by Gasteiger charge is 2.12. The summed E-state index contributed by atoms with van der Waals surface area (Å²) >= 11 is 5.81. The van der Waals surface area contributed by atoms with Crippen LogP contribution in [0.25, 0.3) is 0 Å². The van der Waals surface area contributed by atoms with Crippen LogP contribution in [-0.4, -0.2) is 6.54 Å². The van der Waals surface area contributed by atoms with Crippen molar-refractivity contribution in [3.8, 4) is 11.5 Å². The highest BCUT2D eigenvalue weighted by Crippen LogP contribution is 2.32. The number of ether oxygens (including phenoxy) is 1. The molecule has 1 unspecified atom stereocenters. The van der Waals surface area contributed by atoms with E-state index in [1.54, 1.807) is 0 Å². The van der Waals surface area contributed by atoms with Crippen molar-refractivity contribution in [2.45, 2.75) is 26.3 Å². The third kappa shape index (κ3) is 4.97. The van der Waals surface area contributed by atoms with Gasteiger partial charge < -0.3 is 10.1 Å². The van der Waals surface area contributed by atoms with E-state index >= 15 is 0 Å². The van der Waals surface area contributed by atoms with Crippen molar-refractivity contribution in [2.75, 3.05) is 6.54 Å². The van der Waals surface area contributed by atoms with Crippen molar-refractivity contribution in [3.63, 3.8) is 0 Å². The lowest BCUT2D eigenvalue weighted by Gasteiger charge is -2.18. The standard InChI is InChI=1S/C17H19BrINO/c1-3-10-20-12(2)16-9-4-13(18)11-17(16)21-15-7-5-14(19)6-8-15/h4-9,11-12,20H,3,10H2,1-2H3. The number of benzene rings is 2. The van der Waals surface area contributed by atoms with Crippen LogP contribution in [0, 0.1) is 3.57 Å². The fourth-order valence-corrected chi connectivity index (χ4v) is 2.75. The molecule has 0 saturated heterocycles. The van der Waals surface area contributed by atoms with Crippen molar-refractivity contribution in [1.82, 2.24) is 5.32 Å². The number of halogens is 2. The summed E-state index contributed by atoms with van der Waals surface area (Å²) in [6.45, 7) is 5.34. The third-order valence-corrected chi connectivity index (χ3v) is 4.40. The van der Waals surface area contributed by atoms with Crippen LogP contribution in [0.1, 0.15) is 31.9 Å². The van der Waals surface area contributed by atoms with Crippen LogP contribution >= 0.6 is 38.5 Å². The fourth-order valence-electron chi connectivity index (χ4n) is 2.05. The lowest BCUT2D eigenvalue weighted by molar-refractivity contribution is 0.460. The van der Waals surface area contributed by atoms with Gasteiger partial charge in [-0.15, -0.1) is 0 Å². The molecule has 0 heterocycles. The average molecular weight is 460 g/mol. The van der Waals surface area contributed by atoms with Gasteiger partial charge in [0.05, 0.1) is 0 Å². The molecule has 2 aromatic carbocycles. The first-order valence-corrected chi connectivity index (χ1v) is 8.93. The highest BCUT2D eigenvalue weighted by atomic mass is 127. The lowest BCUT2D eigenvalue weighted by atomic mass is 10.1. The molecule has 1 atom stereocenters. The zero-order chi connectivity index (χ0) is 15.2. The van der Waals surface area contributed by atoms with Crippen LogP contribution < -0.4 is 10.1 Å².